The summed E-state index contributed by atoms with van der Waals surface area (Å²) in [5.74, 6) is 0. The molecular formula is C18H20ClN3S2. The number of halogens is 1. The number of piperazine rings is 1. The Morgan fingerprint density at radius 3 is 2.42 bits per heavy atom. The Hall–Kier alpha value is -1.43. The molecule has 2 aromatic carbocycles. The first-order chi connectivity index (χ1) is 11.7. The van der Waals surface area contributed by atoms with Crippen molar-refractivity contribution in [1.29, 1.82) is 0 Å². The Bertz CT molecular complexity index is 715. The minimum atomic E-state index is 0.687. The molecule has 0 atom stereocenters. The lowest BCUT2D eigenvalue weighted by molar-refractivity contribution is 0.390. The van der Waals surface area contributed by atoms with Crippen LogP contribution in [-0.4, -0.2) is 42.4 Å². The molecule has 3 nitrogen and oxygen atoms in total. The number of nitrogens with zero attached hydrogens (tertiary/aromatic N) is 2. The van der Waals surface area contributed by atoms with Crippen molar-refractivity contribution >= 4 is 52.1 Å². The Morgan fingerprint density at radius 2 is 1.71 bits per heavy atom. The maximum atomic E-state index is 6.19. The molecule has 0 aromatic heterocycles. The number of hydrogen-bond donors (Lipinski definition) is 1. The molecule has 0 aliphatic carbocycles. The second-order valence-electron chi connectivity index (χ2n) is 5.56. The van der Waals surface area contributed by atoms with Crippen LogP contribution in [0.5, 0.6) is 0 Å². The molecule has 0 unspecified atom stereocenters. The lowest BCUT2D eigenvalue weighted by Gasteiger charge is -2.38. The SMILES string of the molecule is CSc1ccccc1N1CCN(C(=S)Nc2ccccc2Cl)CC1. The second-order valence-corrected chi connectivity index (χ2v) is 7.20. The van der Waals surface area contributed by atoms with Crippen LogP contribution in [-0.2, 0) is 0 Å². The highest BCUT2D eigenvalue weighted by atomic mass is 35.5. The maximum absolute atomic E-state index is 6.19. The van der Waals surface area contributed by atoms with Gasteiger partial charge in [0.25, 0.3) is 0 Å². The smallest absolute Gasteiger partial charge is 0.173 e. The minimum Gasteiger partial charge on any atom is -0.367 e. The highest BCUT2D eigenvalue weighted by Gasteiger charge is 2.20. The third-order valence-corrected chi connectivity index (χ3v) is 5.58. The van der Waals surface area contributed by atoms with Gasteiger partial charge in [0.1, 0.15) is 0 Å². The van der Waals surface area contributed by atoms with Crippen molar-refractivity contribution in [3.05, 3.63) is 53.6 Å². The van der Waals surface area contributed by atoms with E-state index in [1.807, 2.05) is 24.3 Å². The number of rotatable bonds is 3. The van der Waals surface area contributed by atoms with Gasteiger partial charge in [-0.05, 0) is 42.7 Å². The van der Waals surface area contributed by atoms with Crippen molar-refractivity contribution in [3.8, 4) is 0 Å². The van der Waals surface area contributed by atoms with Gasteiger partial charge >= 0.3 is 0 Å². The van der Waals surface area contributed by atoms with Gasteiger partial charge in [-0.1, -0.05) is 35.9 Å². The van der Waals surface area contributed by atoms with Crippen molar-refractivity contribution in [3.63, 3.8) is 0 Å². The topological polar surface area (TPSA) is 18.5 Å². The van der Waals surface area contributed by atoms with Crippen molar-refractivity contribution < 1.29 is 0 Å². The molecular weight excluding hydrogens is 358 g/mol. The molecule has 2 aromatic rings. The Kier molecular flexibility index (Phi) is 5.87. The van der Waals surface area contributed by atoms with Crippen LogP contribution in [0.1, 0.15) is 0 Å². The normalized spacial score (nSPS) is 14.6. The van der Waals surface area contributed by atoms with E-state index in [0.717, 1.165) is 37.0 Å². The summed E-state index contributed by atoms with van der Waals surface area (Å²) in [6, 6.07) is 16.2. The Balaban J connectivity index is 1.61. The molecule has 0 radical (unpaired) electrons. The third-order valence-electron chi connectivity index (χ3n) is 4.11. The summed E-state index contributed by atoms with van der Waals surface area (Å²) in [7, 11) is 0. The van der Waals surface area contributed by atoms with E-state index >= 15 is 0 Å². The maximum Gasteiger partial charge on any atom is 0.173 e. The highest BCUT2D eigenvalue weighted by Crippen LogP contribution is 2.29. The number of hydrogen-bond acceptors (Lipinski definition) is 3. The number of benzene rings is 2. The molecule has 1 N–H and O–H groups in total. The fourth-order valence-corrected chi connectivity index (χ4v) is 3.89. The number of anilines is 2. The fourth-order valence-electron chi connectivity index (χ4n) is 2.80. The summed E-state index contributed by atoms with van der Waals surface area (Å²) >= 11 is 13.5. The third kappa shape index (κ3) is 3.97. The predicted octanol–water partition coefficient (Wildman–Crippen LogP) is 4.58. The summed E-state index contributed by atoms with van der Waals surface area (Å²) in [6.45, 7) is 3.72. The van der Waals surface area contributed by atoms with E-state index in [-0.39, 0.29) is 0 Å². The highest BCUT2D eigenvalue weighted by molar-refractivity contribution is 7.98. The quantitative estimate of drug-likeness (QED) is 0.621. The molecule has 3 rings (SSSR count). The van der Waals surface area contributed by atoms with E-state index in [0.29, 0.717) is 5.02 Å². The van der Waals surface area contributed by atoms with Crippen LogP contribution >= 0.6 is 35.6 Å². The molecule has 1 aliphatic rings. The summed E-state index contributed by atoms with van der Waals surface area (Å²) in [5, 5.41) is 4.68. The van der Waals surface area contributed by atoms with E-state index < -0.39 is 0 Å². The van der Waals surface area contributed by atoms with Gasteiger partial charge < -0.3 is 15.1 Å². The number of para-hydroxylation sites is 2. The summed E-state index contributed by atoms with van der Waals surface area (Å²) in [6.07, 6.45) is 2.12. The Morgan fingerprint density at radius 1 is 1.04 bits per heavy atom. The monoisotopic (exact) mass is 377 g/mol. The van der Waals surface area contributed by atoms with E-state index in [9.17, 15) is 0 Å². The van der Waals surface area contributed by atoms with Crippen molar-refractivity contribution in [2.45, 2.75) is 4.90 Å². The number of nitrogens with one attached hydrogen (secondary N) is 1. The molecule has 1 saturated heterocycles. The number of thiocarbonyl (C=S) groups is 1. The van der Waals surface area contributed by atoms with Gasteiger partial charge in [0.15, 0.2) is 5.11 Å². The largest absolute Gasteiger partial charge is 0.367 e. The minimum absolute atomic E-state index is 0.687. The summed E-state index contributed by atoms with van der Waals surface area (Å²) < 4.78 is 0. The van der Waals surface area contributed by atoms with Gasteiger partial charge in [-0.15, -0.1) is 11.8 Å². The van der Waals surface area contributed by atoms with Gasteiger partial charge in [0, 0.05) is 31.1 Å². The first-order valence-corrected chi connectivity index (χ1v) is 9.88. The molecule has 24 heavy (non-hydrogen) atoms. The van der Waals surface area contributed by atoms with Gasteiger partial charge in [-0.3, -0.25) is 0 Å². The molecule has 126 valence electrons. The molecule has 6 heteroatoms. The van der Waals surface area contributed by atoms with E-state index in [1.54, 1.807) is 11.8 Å². The summed E-state index contributed by atoms with van der Waals surface area (Å²) in [5.41, 5.74) is 2.17. The van der Waals surface area contributed by atoms with Crippen LogP contribution in [0.3, 0.4) is 0 Å². The molecule has 1 fully saturated rings. The number of thioether (sulfide) groups is 1. The lowest BCUT2D eigenvalue weighted by atomic mass is 10.2. The van der Waals surface area contributed by atoms with Gasteiger partial charge in [-0.2, -0.15) is 0 Å². The molecule has 0 amide bonds. The van der Waals surface area contributed by atoms with Crippen molar-refractivity contribution in [2.24, 2.45) is 0 Å². The molecule has 0 saturated carbocycles. The Labute approximate surface area is 158 Å². The van der Waals surface area contributed by atoms with Crippen molar-refractivity contribution in [1.82, 2.24) is 4.90 Å². The average molecular weight is 378 g/mol. The van der Waals surface area contributed by atoms with Gasteiger partial charge in [0.2, 0.25) is 0 Å². The zero-order valence-electron chi connectivity index (χ0n) is 13.5. The molecule has 1 heterocycles. The van der Waals surface area contributed by atoms with Gasteiger partial charge in [0.05, 0.1) is 16.4 Å². The van der Waals surface area contributed by atoms with E-state index in [2.05, 4.69) is 45.6 Å². The predicted molar refractivity (Wildman–Crippen MR) is 110 cm³/mol. The van der Waals surface area contributed by atoms with Gasteiger partial charge in [-0.25, -0.2) is 0 Å². The first kappa shape index (κ1) is 17.4. The zero-order chi connectivity index (χ0) is 16.9. The zero-order valence-corrected chi connectivity index (χ0v) is 15.9. The van der Waals surface area contributed by atoms with Crippen LogP contribution in [0.15, 0.2) is 53.4 Å². The first-order valence-electron chi connectivity index (χ1n) is 7.87. The molecule has 0 spiro atoms. The van der Waals surface area contributed by atoms with Crippen LogP contribution in [0.4, 0.5) is 11.4 Å². The van der Waals surface area contributed by atoms with Crippen LogP contribution < -0.4 is 10.2 Å². The summed E-state index contributed by atoms with van der Waals surface area (Å²) in [4.78, 5) is 5.96. The van der Waals surface area contributed by atoms with E-state index in [1.165, 1.54) is 10.6 Å². The van der Waals surface area contributed by atoms with Crippen molar-refractivity contribution in [2.75, 3.05) is 42.7 Å². The van der Waals surface area contributed by atoms with Crippen LogP contribution in [0.25, 0.3) is 0 Å². The molecule has 0 bridgehead atoms. The van der Waals surface area contributed by atoms with E-state index in [4.69, 9.17) is 23.8 Å². The molecule has 1 aliphatic heterocycles. The lowest BCUT2D eigenvalue weighted by Crippen LogP contribution is -2.50. The van der Waals surface area contributed by atoms with Crippen LogP contribution in [0, 0.1) is 0 Å². The average Bonchev–Trinajstić information content (AvgIpc) is 2.63. The fraction of sp³-hybridized carbons (Fsp3) is 0.278. The standard InChI is InChI=1S/C18H20ClN3S2/c1-24-17-9-5-4-8-16(17)21-10-12-22(13-11-21)18(23)20-15-7-3-2-6-14(15)19/h2-9H,10-13H2,1H3,(H,20,23). The van der Waals surface area contributed by atoms with Crippen LogP contribution in [0.2, 0.25) is 5.02 Å². The second kappa shape index (κ2) is 8.10.